The van der Waals surface area contributed by atoms with Gasteiger partial charge in [-0.1, -0.05) is 24.3 Å². The molecule has 0 saturated carbocycles. The highest BCUT2D eigenvalue weighted by molar-refractivity contribution is 5.84. The molecule has 2 aromatic carbocycles. The number of nitrogens with zero attached hydrogens (tertiary/aromatic N) is 1. The second-order valence-corrected chi connectivity index (χ2v) is 8.45. The lowest BCUT2D eigenvalue weighted by molar-refractivity contribution is -0.129. The first-order valence-corrected chi connectivity index (χ1v) is 11.6. The first-order valence-electron chi connectivity index (χ1n) is 11.6. The smallest absolute Gasteiger partial charge is 0.166 e. The summed E-state index contributed by atoms with van der Waals surface area (Å²) in [5.74, 6) is 1.40. The molecule has 6 heteroatoms. The first-order chi connectivity index (χ1) is 16.1. The van der Waals surface area contributed by atoms with E-state index in [2.05, 4.69) is 17.1 Å². The highest BCUT2D eigenvalue weighted by Gasteiger charge is 2.20. The average Bonchev–Trinajstić information content (AvgIpc) is 2.85. The minimum absolute atomic E-state index is 0.0666. The third-order valence-corrected chi connectivity index (χ3v) is 6.10. The van der Waals surface area contributed by atoms with E-state index in [1.165, 1.54) is 5.56 Å². The van der Waals surface area contributed by atoms with Crippen LogP contribution in [0, 0.1) is 5.92 Å². The molecule has 0 spiro atoms. The van der Waals surface area contributed by atoms with Gasteiger partial charge >= 0.3 is 0 Å². The van der Waals surface area contributed by atoms with Crippen molar-refractivity contribution in [2.24, 2.45) is 10.9 Å². The van der Waals surface area contributed by atoms with Gasteiger partial charge in [0.25, 0.3) is 0 Å². The Balaban J connectivity index is 1.47. The summed E-state index contributed by atoms with van der Waals surface area (Å²) in [4.78, 5) is 17.2. The van der Waals surface area contributed by atoms with E-state index in [4.69, 9.17) is 14.2 Å². The van der Waals surface area contributed by atoms with Crippen molar-refractivity contribution in [3.05, 3.63) is 64.7 Å². The maximum atomic E-state index is 12.7. The fourth-order valence-electron chi connectivity index (χ4n) is 4.21. The fraction of sp³-hybridized carbons (Fsp3) is 0.481. The Morgan fingerprint density at radius 3 is 2.61 bits per heavy atom. The topological polar surface area (TPSA) is 77.4 Å². The van der Waals surface area contributed by atoms with Crippen LogP contribution in [0.25, 0.3) is 0 Å². The number of carbonyl (C=O) groups excluding carboxylic acids is 1. The van der Waals surface area contributed by atoms with E-state index >= 15 is 0 Å². The van der Waals surface area contributed by atoms with E-state index in [1.54, 1.807) is 20.4 Å². The van der Waals surface area contributed by atoms with Crippen LogP contribution in [0.3, 0.4) is 0 Å². The van der Waals surface area contributed by atoms with Gasteiger partial charge in [0.15, 0.2) is 5.78 Å². The van der Waals surface area contributed by atoms with E-state index < -0.39 is 6.10 Å². The zero-order valence-electron chi connectivity index (χ0n) is 19.7. The van der Waals surface area contributed by atoms with Crippen LogP contribution in [0.15, 0.2) is 47.5 Å². The van der Waals surface area contributed by atoms with Crippen molar-refractivity contribution in [3.8, 4) is 5.75 Å². The molecule has 0 amide bonds. The molecule has 1 N–H and O–H groups in total. The predicted octanol–water partition coefficient (Wildman–Crippen LogP) is 4.31. The molecule has 1 saturated heterocycles. The molecule has 1 aliphatic rings. The van der Waals surface area contributed by atoms with Crippen molar-refractivity contribution in [2.75, 3.05) is 34.0 Å². The Morgan fingerprint density at radius 1 is 1.18 bits per heavy atom. The number of Topliss-reactive ketones (excluding diaryl/α,β-unsaturated/α-hetero) is 1. The van der Waals surface area contributed by atoms with Gasteiger partial charge in [-0.15, -0.1) is 0 Å². The summed E-state index contributed by atoms with van der Waals surface area (Å²) in [6, 6.07) is 13.8. The molecule has 0 aliphatic carbocycles. The lowest BCUT2D eigenvalue weighted by atomic mass is 9.91. The summed E-state index contributed by atoms with van der Waals surface area (Å²) >= 11 is 0. The number of aliphatic imine (C=N–C) groups is 1. The van der Waals surface area contributed by atoms with Gasteiger partial charge in [0.2, 0.25) is 0 Å². The number of hydrogen-bond donors (Lipinski definition) is 1. The number of aliphatic hydroxyl groups excluding tert-OH is 1. The SMILES string of the molecule is COc1ccc(C=NCCCC(=O)C(OC)c2ccc(CC3CCOCC3)cc2)cc1CO. The molecule has 0 radical (unpaired) electrons. The van der Waals surface area contributed by atoms with E-state index in [0.717, 1.165) is 49.2 Å². The van der Waals surface area contributed by atoms with E-state index in [0.29, 0.717) is 31.1 Å². The highest BCUT2D eigenvalue weighted by atomic mass is 16.5. The summed E-state index contributed by atoms with van der Waals surface area (Å²) in [5.41, 5.74) is 3.81. The Hall–Kier alpha value is -2.54. The molecule has 0 aromatic heterocycles. The number of hydrogen-bond acceptors (Lipinski definition) is 6. The number of carbonyl (C=O) groups is 1. The van der Waals surface area contributed by atoms with Crippen molar-refractivity contribution in [1.29, 1.82) is 0 Å². The van der Waals surface area contributed by atoms with E-state index in [9.17, 15) is 9.90 Å². The molecular weight excluding hydrogens is 418 g/mol. The summed E-state index contributed by atoms with van der Waals surface area (Å²) in [6.07, 6.45) is 5.56. The maximum absolute atomic E-state index is 12.7. The summed E-state index contributed by atoms with van der Waals surface area (Å²) in [6.45, 7) is 2.18. The lowest BCUT2D eigenvalue weighted by Gasteiger charge is -2.22. The van der Waals surface area contributed by atoms with Crippen molar-refractivity contribution < 1.29 is 24.1 Å². The van der Waals surface area contributed by atoms with Gasteiger partial charge in [0, 0.05) is 45.1 Å². The monoisotopic (exact) mass is 453 g/mol. The normalized spacial score (nSPS) is 15.6. The van der Waals surface area contributed by atoms with Gasteiger partial charge in [-0.05, 0) is 66.5 Å². The van der Waals surface area contributed by atoms with Crippen LogP contribution >= 0.6 is 0 Å². The van der Waals surface area contributed by atoms with Crippen LogP contribution in [0.5, 0.6) is 5.75 Å². The molecular formula is C27H35NO5. The van der Waals surface area contributed by atoms with E-state index in [-0.39, 0.29) is 12.4 Å². The van der Waals surface area contributed by atoms with Gasteiger partial charge in [-0.25, -0.2) is 0 Å². The second kappa shape index (κ2) is 13.2. The fourth-order valence-corrected chi connectivity index (χ4v) is 4.21. The third kappa shape index (κ3) is 7.49. The van der Waals surface area contributed by atoms with Crippen LogP contribution in [0.4, 0.5) is 0 Å². The van der Waals surface area contributed by atoms with Gasteiger partial charge < -0.3 is 19.3 Å². The van der Waals surface area contributed by atoms with Crippen LogP contribution in [0.2, 0.25) is 0 Å². The van der Waals surface area contributed by atoms with E-state index in [1.807, 2.05) is 30.3 Å². The molecule has 1 aliphatic heterocycles. The molecule has 3 rings (SSSR count). The molecule has 0 bridgehead atoms. The number of rotatable bonds is 12. The van der Waals surface area contributed by atoms with Crippen LogP contribution < -0.4 is 4.74 Å². The molecule has 6 nitrogen and oxygen atoms in total. The molecule has 1 fully saturated rings. The van der Waals surface area contributed by atoms with Gasteiger partial charge in [0.05, 0.1) is 13.7 Å². The summed E-state index contributed by atoms with van der Waals surface area (Å²) in [7, 11) is 3.16. The maximum Gasteiger partial charge on any atom is 0.166 e. The Labute approximate surface area is 196 Å². The first kappa shape index (κ1) is 25.1. The Kier molecular flexibility index (Phi) is 10.1. The molecule has 2 aromatic rings. The number of ether oxygens (including phenoxy) is 3. The minimum Gasteiger partial charge on any atom is -0.496 e. The number of ketones is 1. The van der Waals surface area contributed by atoms with Gasteiger partial charge in [-0.2, -0.15) is 0 Å². The van der Waals surface area contributed by atoms with Gasteiger partial charge in [-0.3, -0.25) is 9.79 Å². The van der Waals surface area contributed by atoms with Crippen LogP contribution in [0.1, 0.15) is 54.0 Å². The standard InChI is InChI=1S/C27H35NO5/c1-31-26-10-7-22(17-24(26)19-29)18-28-13-3-4-25(30)27(32-2)23-8-5-20(6-9-23)16-21-11-14-33-15-12-21/h5-10,17-18,21,27,29H,3-4,11-16,19H2,1-2H3. The molecule has 178 valence electrons. The van der Waals surface area contributed by atoms with Crippen molar-refractivity contribution in [3.63, 3.8) is 0 Å². The molecule has 1 heterocycles. The lowest BCUT2D eigenvalue weighted by Crippen LogP contribution is -2.18. The summed E-state index contributed by atoms with van der Waals surface area (Å²) in [5, 5.41) is 9.42. The van der Waals surface area contributed by atoms with Crippen molar-refractivity contribution >= 4 is 12.0 Å². The third-order valence-electron chi connectivity index (χ3n) is 6.10. The number of methoxy groups -OCH3 is 2. The molecule has 33 heavy (non-hydrogen) atoms. The zero-order chi connectivity index (χ0) is 23.5. The zero-order valence-corrected chi connectivity index (χ0v) is 19.7. The predicted molar refractivity (Wildman–Crippen MR) is 129 cm³/mol. The number of aliphatic hydroxyl groups is 1. The second-order valence-electron chi connectivity index (χ2n) is 8.45. The highest BCUT2D eigenvalue weighted by Crippen LogP contribution is 2.24. The van der Waals surface area contributed by atoms with Crippen LogP contribution in [-0.2, 0) is 27.3 Å². The average molecular weight is 454 g/mol. The molecule has 1 atom stereocenters. The largest absolute Gasteiger partial charge is 0.496 e. The van der Waals surface area contributed by atoms with Crippen molar-refractivity contribution in [1.82, 2.24) is 0 Å². The molecule has 1 unspecified atom stereocenters. The van der Waals surface area contributed by atoms with Gasteiger partial charge in [0.1, 0.15) is 11.9 Å². The van der Waals surface area contributed by atoms with Crippen molar-refractivity contribution in [2.45, 2.75) is 44.8 Å². The Morgan fingerprint density at radius 2 is 1.94 bits per heavy atom. The minimum atomic E-state index is -0.542. The Bertz CT molecular complexity index is 903. The quantitative estimate of drug-likeness (QED) is 0.383. The number of benzene rings is 2. The van der Waals surface area contributed by atoms with Crippen LogP contribution in [-0.4, -0.2) is 51.1 Å². The summed E-state index contributed by atoms with van der Waals surface area (Å²) < 4.78 is 16.2.